The minimum atomic E-state index is -0.984. The Labute approximate surface area is 80.6 Å². The number of ether oxygens (including phenoxy) is 1. The van der Waals surface area contributed by atoms with E-state index in [4.69, 9.17) is 14.3 Å². The van der Waals surface area contributed by atoms with Crippen molar-refractivity contribution in [2.75, 3.05) is 13.7 Å². The molecule has 0 fully saturated rings. The van der Waals surface area contributed by atoms with Crippen molar-refractivity contribution in [2.45, 2.75) is 12.5 Å². The minimum Gasteiger partial charge on any atom is -0.496 e. The molecule has 0 aliphatic rings. The molecular formula is C9H12O5. The van der Waals surface area contributed by atoms with Gasteiger partial charge in [0.05, 0.1) is 13.2 Å². The summed E-state index contributed by atoms with van der Waals surface area (Å²) in [7, 11) is 1.41. The van der Waals surface area contributed by atoms with E-state index < -0.39 is 11.7 Å². The number of aliphatic hydroxyl groups is 2. The fraction of sp³-hybridized carbons (Fsp3) is 0.444. The average Bonchev–Trinajstić information content (AvgIpc) is 2.17. The van der Waals surface area contributed by atoms with Gasteiger partial charge in [0.1, 0.15) is 17.6 Å². The topological polar surface area (TPSA) is 79.9 Å². The van der Waals surface area contributed by atoms with Crippen molar-refractivity contribution in [3.8, 4) is 5.75 Å². The summed E-state index contributed by atoms with van der Waals surface area (Å²) in [5, 5.41) is 18.0. The molecular weight excluding hydrogens is 188 g/mol. The molecule has 5 nitrogen and oxygen atoms in total. The van der Waals surface area contributed by atoms with Crippen molar-refractivity contribution in [3.63, 3.8) is 0 Å². The van der Waals surface area contributed by atoms with Crippen LogP contribution in [0.4, 0.5) is 0 Å². The van der Waals surface area contributed by atoms with Crippen LogP contribution in [0.1, 0.15) is 18.3 Å². The predicted molar refractivity (Wildman–Crippen MR) is 48.2 cm³/mol. The van der Waals surface area contributed by atoms with Gasteiger partial charge in [-0.05, 0) is 0 Å². The zero-order valence-electron chi connectivity index (χ0n) is 7.77. The van der Waals surface area contributed by atoms with Gasteiger partial charge >= 0.3 is 5.63 Å². The van der Waals surface area contributed by atoms with E-state index in [9.17, 15) is 9.90 Å². The summed E-state index contributed by atoms with van der Waals surface area (Å²) in [6.07, 6.45) is -0.862. The Morgan fingerprint density at radius 3 is 2.86 bits per heavy atom. The molecule has 5 heteroatoms. The van der Waals surface area contributed by atoms with Crippen molar-refractivity contribution >= 4 is 0 Å². The SMILES string of the molecule is COc1cc([C@H](O)CCO)oc(=O)c1. The zero-order chi connectivity index (χ0) is 10.6. The maximum atomic E-state index is 11.0. The van der Waals surface area contributed by atoms with E-state index in [0.717, 1.165) is 0 Å². The van der Waals surface area contributed by atoms with Gasteiger partial charge in [-0.15, -0.1) is 0 Å². The molecule has 1 rings (SSSR count). The first-order chi connectivity index (χ1) is 6.67. The highest BCUT2D eigenvalue weighted by molar-refractivity contribution is 5.21. The number of aliphatic hydroxyl groups excluding tert-OH is 2. The Kier molecular flexibility index (Phi) is 3.67. The molecule has 0 bridgehead atoms. The van der Waals surface area contributed by atoms with E-state index in [-0.39, 0.29) is 18.8 Å². The van der Waals surface area contributed by atoms with E-state index in [0.29, 0.717) is 5.75 Å². The van der Waals surface area contributed by atoms with E-state index in [1.807, 2.05) is 0 Å². The first-order valence-corrected chi connectivity index (χ1v) is 4.15. The quantitative estimate of drug-likeness (QED) is 0.718. The van der Waals surface area contributed by atoms with E-state index in [1.54, 1.807) is 0 Å². The van der Waals surface area contributed by atoms with Gasteiger partial charge < -0.3 is 19.4 Å². The Morgan fingerprint density at radius 2 is 2.29 bits per heavy atom. The largest absolute Gasteiger partial charge is 0.496 e. The van der Waals surface area contributed by atoms with Crippen LogP contribution >= 0.6 is 0 Å². The molecule has 14 heavy (non-hydrogen) atoms. The second-order valence-electron chi connectivity index (χ2n) is 2.75. The van der Waals surface area contributed by atoms with Gasteiger partial charge in [0, 0.05) is 19.1 Å². The van der Waals surface area contributed by atoms with E-state index >= 15 is 0 Å². The van der Waals surface area contributed by atoms with Crippen molar-refractivity contribution in [3.05, 3.63) is 28.3 Å². The smallest absolute Gasteiger partial charge is 0.339 e. The van der Waals surface area contributed by atoms with Gasteiger partial charge in [0.15, 0.2) is 0 Å². The summed E-state index contributed by atoms with van der Waals surface area (Å²) in [6.45, 7) is -0.178. The lowest BCUT2D eigenvalue weighted by atomic mass is 10.2. The number of methoxy groups -OCH3 is 1. The first kappa shape index (κ1) is 10.7. The summed E-state index contributed by atoms with van der Waals surface area (Å²) in [5.74, 6) is 0.427. The molecule has 0 spiro atoms. The third-order valence-corrected chi connectivity index (χ3v) is 1.73. The summed E-state index contributed by atoms with van der Waals surface area (Å²) in [5.41, 5.74) is -0.587. The summed E-state index contributed by atoms with van der Waals surface area (Å²) < 4.78 is 9.57. The highest BCUT2D eigenvalue weighted by Gasteiger charge is 2.11. The highest BCUT2D eigenvalue weighted by Crippen LogP contribution is 2.18. The van der Waals surface area contributed by atoms with Crippen LogP contribution in [0.25, 0.3) is 0 Å². The summed E-state index contributed by atoms with van der Waals surface area (Å²) in [6, 6.07) is 2.59. The van der Waals surface area contributed by atoms with Crippen LogP contribution in [0.15, 0.2) is 21.3 Å². The monoisotopic (exact) mass is 200 g/mol. The second-order valence-corrected chi connectivity index (χ2v) is 2.75. The van der Waals surface area contributed by atoms with Gasteiger partial charge in [-0.1, -0.05) is 0 Å². The Balaban J connectivity index is 2.96. The normalized spacial score (nSPS) is 12.5. The van der Waals surface area contributed by atoms with Crippen molar-refractivity contribution in [1.82, 2.24) is 0 Å². The standard InChI is InChI=1S/C9H12O5/c1-13-6-4-8(7(11)2-3-10)14-9(12)5-6/h4-5,7,10-11H,2-3H2,1H3/t7-/m1/s1. The Hall–Kier alpha value is -1.33. The van der Waals surface area contributed by atoms with Gasteiger partial charge in [0.2, 0.25) is 0 Å². The first-order valence-electron chi connectivity index (χ1n) is 4.15. The van der Waals surface area contributed by atoms with Crippen LogP contribution in [-0.4, -0.2) is 23.9 Å². The molecule has 1 aromatic rings. The molecule has 78 valence electrons. The van der Waals surface area contributed by atoms with Crippen LogP contribution in [0.5, 0.6) is 5.75 Å². The second kappa shape index (κ2) is 4.78. The van der Waals surface area contributed by atoms with E-state index in [1.165, 1.54) is 19.2 Å². The maximum Gasteiger partial charge on any atom is 0.339 e. The molecule has 2 N–H and O–H groups in total. The third kappa shape index (κ3) is 2.58. The molecule has 0 amide bonds. The lowest BCUT2D eigenvalue weighted by Gasteiger charge is -2.08. The molecule has 0 aliphatic heterocycles. The lowest BCUT2D eigenvalue weighted by molar-refractivity contribution is 0.109. The lowest BCUT2D eigenvalue weighted by Crippen LogP contribution is -2.06. The summed E-state index contributed by atoms with van der Waals surface area (Å²) in [4.78, 5) is 11.0. The number of hydrogen-bond acceptors (Lipinski definition) is 5. The average molecular weight is 200 g/mol. The van der Waals surface area contributed by atoms with E-state index in [2.05, 4.69) is 0 Å². The minimum absolute atomic E-state index is 0.100. The van der Waals surface area contributed by atoms with Crippen LogP contribution in [0, 0.1) is 0 Å². The van der Waals surface area contributed by atoms with Gasteiger partial charge in [-0.3, -0.25) is 0 Å². The molecule has 0 aromatic carbocycles. The molecule has 0 radical (unpaired) electrons. The van der Waals surface area contributed by atoms with Crippen LogP contribution in [-0.2, 0) is 0 Å². The molecule has 0 unspecified atom stereocenters. The van der Waals surface area contributed by atoms with Crippen LogP contribution in [0.3, 0.4) is 0 Å². The zero-order valence-corrected chi connectivity index (χ0v) is 7.77. The molecule has 1 aromatic heterocycles. The van der Waals surface area contributed by atoms with Gasteiger partial charge in [0.25, 0.3) is 0 Å². The number of hydrogen-bond donors (Lipinski definition) is 2. The Bertz CT molecular complexity index is 343. The van der Waals surface area contributed by atoms with Gasteiger partial charge in [-0.25, -0.2) is 4.79 Å². The molecule has 1 heterocycles. The van der Waals surface area contributed by atoms with Crippen molar-refractivity contribution < 1.29 is 19.4 Å². The molecule has 0 saturated carbocycles. The Morgan fingerprint density at radius 1 is 1.57 bits per heavy atom. The van der Waals surface area contributed by atoms with Crippen molar-refractivity contribution in [2.24, 2.45) is 0 Å². The maximum absolute atomic E-state index is 11.0. The van der Waals surface area contributed by atoms with Crippen LogP contribution < -0.4 is 10.4 Å². The fourth-order valence-electron chi connectivity index (χ4n) is 1.02. The fourth-order valence-corrected chi connectivity index (χ4v) is 1.02. The van der Waals surface area contributed by atoms with Crippen molar-refractivity contribution in [1.29, 1.82) is 0 Å². The van der Waals surface area contributed by atoms with Gasteiger partial charge in [-0.2, -0.15) is 0 Å². The molecule has 1 atom stereocenters. The summed E-state index contributed by atoms with van der Waals surface area (Å²) >= 11 is 0. The number of rotatable bonds is 4. The van der Waals surface area contributed by atoms with Crippen LogP contribution in [0.2, 0.25) is 0 Å². The predicted octanol–water partition coefficient (Wildman–Crippen LogP) is 0.0642. The molecule has 0 aliphatic carbocycles. The highest BCUT2D eigenvalue weighted by atomic mass is 16.5. The third-order valence-electron chi connectivity index (χ3n) is 1.73. The molecule has 0 saturated heterocycles.